The molecule has 1 aromatic heterocycles. The fraction of sp³-hybridized carbons (Fsp3) is 0.176. The maximum atomic E-state index is 13.8. The average Bonchev–Trinajstić information content (AvgIpc) is 2.51. The number of aromatic amines is 1. The molecule has 0 saturated carbocycles. The second-order valence-corrected chi connectivity index (χ2v) is 6.15. The minimum atomic E-state index is -0.453. The summed E-state index contributed by atoms with van der Waals surface area (Å²) in [6.07, 6.45) is 0. The summed E-state index contributed by atoms with van der Waals surface area (Å²) in [6, 6.07) is 10.1. The molecule has 23 heavy (non-hydrogen) atoms. The van der Waals surface area contributed by atoms with E-state index < -0.39 is 11.4 Å². The first-order valence-corrected chi connectivity index (χ1v) is 7.67. The van der Waals surface area contributed by atoms with Gasteiger partial charge in [0.25, 0.3) is 5.56 Å². The summed E-state index contributed by atoms with van der Waals surface area (Å²) in [5.74, 6) is -0.591. The third-order valence-electron chi connectivity index (χ3n) is 4.30. The number of nitrogens with one attached hydrogen (secondary N) is 2. The van der Waals surface area contributed by atoms with E-state index in [0.717, 1.165) is 5.56 Å². The van der Waals surface area contributed by atoms with Gasteiger partial charge in [-0.05, 0) is 30.7 Å². The molecule has 2 heterocycles. The van der Waals surface area contributed by atoms with Crippen molar-refractivity contribution in [3.8, 4) is 0 Å². The molecule has 0 amide bonds. The maximum absolute atomic E-state index is 13.8. The zero-order valence-electron chi connectivity index (χ0n) is 12.2. The van der Waals surface area contributed by atoms with Crippen LogP contribution in [0.4, 0.5) is 10.1 Å². The monoisotopic (exact) mass is 329 g/mol. The normalized spacial score (nSPS) is 19.6. The summed E-state index contributed by atoms with van der Waals surface area (Å²) in [4.78, 5) is 12.0. The Balaban J connectivity index is 2.07. The number of halogens is 2. The first kappa shape index (κ1) is 14.2. The van der Waals surface area contributed by atoms with Crippen LogP contribution in [0.1, 0.15) is 24.1 Å². The molecule has 116 valence electrons. The van der Waals surface area contributed by atoms with Crippen LogP contribution in [-0.4, -0.2) is 16.2 Å². The van der Waals surface area contributed by atoms with Crippen LogP contribution in [0.5, 0.6) is 0 Å². The largest absolute Gasteiger partial charge is 0.381 e. The highest BCUT2D eigenvalue weighted by Crippen LogP contribution is 2.41. The highest BCUT2D eigenvalue weighted by atomic mass is 35.5. The minimum absolute atomic E-state index is 0.0502. The van der Waals surface area contributed by atoms with Crippen molar-refractivity contribution in [1.29, 1.82) is 0 Å². The topological polar surface area (TPSA) is 57.8 Å². The van der Waals surface area contributed by atoms with Crippen molar-refractivity contribution in [3.63, 3.8) is 0 Å². The van der Waals surface area contributed by atoms with Gasteiger partial charge < -0.3 is 5.32 Å². The molecule has 0 radical (unpaired) electrons. The molecule has 1 aliphatic rings. The van der Waals surface area contributed by atoms with Gasteiger partial charge in [0, 0.05) is 22.1 Å². The summed E-state index contributed by atoms with van der Waals surface area (Å²) in [5.41, 5.74) is 1.81. The average molecular weight is 330 g/mol. The Morgan fingerprint density at radius 3 is 2.83 bits per heavy atom. The Kier molecular flexibility index (Phi) is 3.13. The Morgan fingerprint density at radius 2 is 2.04 bits per heavy atom. The fourth-order valence-electron chi connectivity index (χ4n) is 3.34. The molecule has 3 aromatic rings. The van der Waals surface area contributed by atoms with Crippen molar-refractivity contribution in [3.05, 3.63) is 68.8 Å². The zero-order valence-corrected chi connectivity index (χ0v) is 13.0. The fourth-order valence-corrected chi connectivity index (χ4v) is 3.59. The molecule has 6 heteroatoms. The van der Waals surface area contributed by atoms with E-state index >= 15 is 0 Å². The molecular weight excluding hydrogens is 317 g/mol. The van der Waals surface area contributed by atoms with Gasteiger partial charge in [0.1, 0.15) is 5.82 Å². The molecule has 1 aliphatic heterocycles. The van der Waals surface area contributed by atoms with Crippen LogP contribution < -0.4 is 10.9 Å². The molecule has 0 bridgehead atoms. The lowest BCUT2D eigenvalue weighted by Crippen LogP contribution is -2.32. The predicted octanol–water partition coefficient (Wildman–Crippen LogP) is 3.66. The van der Waals surface area contributed by atoms with E-state index in [0.29, 0.717) is 27.2 Å². The van der Waals surface area contributed by atoms with Crippen LogP contribution in [0.2, 0.25) is 5.02 Å². The van der Waals surface area contributed by atoms with Crippen molar-refractivity contribution in [2.75, 3.05) is 5.32 Å². The molecule has 2 N–H and O–H groups in total. The Hall–Kier alpha value is -2.40. The number of H-pyrrole nitrogens is 1. The van der Waals surface area contributed by atoms with E-state index in [4.69, 9.17) is 11.6 Å². The van der Waals surface area contributed by atoms with Gasteiger partial charge in [0.05, 0.1) is 17.0 Å². The van der Waals surface area contributed by atoms with Crippen LogP contribution in [0.3, 0.4) is 0 Å². The number of aromatic nitrogens is 2. The molecule has 2 aromatic carbocycles. The zero-order chi connectivity index (χ0) is 16.1. The number of nitrogens with zero attached hydrogens (tertiary/aromatic N) is 1. The number of hydrogen-bond acceptors (Lipinski definition) is 3. The molecular formula is C17H13ClFN3O. The van der Waals surface area contributed by atoms with Crippen LogP contribution in [-0.2, 0) is 0 Å². The molecule has 4 nitrogen and oxygen atoms in total. The molecule has 0 fully saturated rings. The summed E-state index contributed by atoms with van der Waals surface area (Å²) >= 11 is 6.35. The number of anilines is 1. The summed E-state index contributed by atoms with van der Waals surface area (Å²) in [5, 5.41) is 11.6. The van der Waals surface area contributed by atoms with E-state index in [9.17, 15) is 9.18 Å². The molecule has 2 atom stereocenters. The first-order chi connectivity index (χ1) is 11.1. The van der Waals surface area contributed by atoms with Crippen molar-refractivity contribution < 1.29 is 4.39 Å². The van der Waals surface area contributed by atoms with E-state index in [1.165, 1.54) is 12.1 Å². The second kappa shape index (κ2) is 5.06. The van der Waals surface area contributed by atoms with E-state index in [1.54, 1.807) is 0 Å². The van der Waals surface area contributed by atoms with Gasteiger partial charge in [-0.3, -0.25) is 4.79 Å². The van der Waals surface area contributed by atoms with Crippen molar-refractivity contribution >= 4 is 28.1 Å². The van der Waals surface area contributed by atoms with Crippen molar-refractivity contribution in [1.82, 2.24) is 10.2 Å². The standard InChI is InChI=1S/C17H13ClFN3O/c1-8-14(10-4-2-3-5-12(10)18)16-15-11(17(23)22-21-16)6-9(19)7-13(15)20-8/h2-8,14,20H,1H3,(H,22,23)/t8-,14+/m0/s1. The van der Waals surface area contributed by atoms with E-state index in [1.807, 2.05) is 31.2 Å². The van der Waals surface area contributed by atoms with Crippen LogP contribution in [0.25, 0.3) is 10.8 Å². The van der Waals surface area contributed by atoms with Crippen molar-refractivity contribution in [2.45, 2.75) is 18.9 Å². The van der Waals surface area contributed by atoms with Gasteiger partial charge in [-0.25, -0.2) is 9.49 Å². The van der Waals surface area contributed by atoms with Gasteiger partial charge in [-0.2, -0.15) is 5.10 Å². The SMILES string of the molecule is C[C@@H]1Nc2cc(F)cc3c(=O)[nH]nc(c23)[C@H]1c1ccccc1Cl. The molecule has 0 saturated heterocycles. The highest BCUT2D eigenvalue weighted by Gasteiger charge is 2.32. The number of rotatable bonds is 1. The van der Waals surface area contributed by atoms with Gasteiger partial charge in [-0.1, -0.05) is 29.8 Å². The third kappa shape index (κ3) is 2.11. The lowest BCUT2D eigenvalue weighted by Gasteiger charge is -2.32. The highest BCUT2D eigenvalue weighted by molar-refractivity contribution is 6.31. The van der Waals surface area contributed by atoms with E-state index in [-0.39, 0.29) is 12.0 Å². The molecule has 0 spiro atoms. The number of benzene rings is 2. The smallest absolute Gasteiger partial charge is 0.272 e. The Bertz CT molecular complexity index is 985. The first-order valence-electron chi connectivity index (χ1n) is 7.29. The lowest BCUT2D eigenvalue weighted by atomic mass is 9.83. The molecule has 4 rings (SSSR count). The maximum Gasteiger partial charge on any atom is 0.272 e. The van der Waals surface area contributed by atoms with Crippen LogP contribution in [0, 0.1) is 5.82 Å². The van der Waals surface area contributed by atoms with Gasteiger partial charge >= 0.3 is 0 Å². The van der Waals surface area contributed by atoms with E-state index in [2.05, 4.69) is 15.5 Å². The van der Waals surface area contributed by atoms with Gasteiger partial charge in [-0.15, -0.1) is 0 Å². The third-order valence-corrected chi connectivity index (χ3v) is 4.64. The molecule has 0 aliphatic carbocycles. The minimum Gasteiger partial charge on any atom is -0.381 e. The Labute approximate surface area is 136 Å². The van der Waals surface area contributed by atoms with Crippen molar-refractivity contribution in [2.24, 2.45) is 0 Å². The molecule has 0 unspecified atom stereocenters. The summed E-state index contributed by atoms with van der Waals surface area (Å²) < 4.78 is 13.8. The van der Waals surface area contributed by atoms with Crippen LogP contribution >= 0.6 is 11.6 Å². The Morgan fingerprint density at radius 1 is 1.26 bits per heavy atom. The quantitative estimate of drug-likeness (QED) is 0.716. The predicted molar refractivity (Wildman–Crippen MR) is 88.7 cm³/mol. The summed E-state index contributed by atoms with van der Waals surface area (Å²) in [6.45, 7) is 1.99. The van der Waals surface area contributed by atoms with Crippen LogP contribution in [0.15, 0.2) is 41.2 Å². The second-order valence-electron chi connectivity index (χ2n) is 5.75. The van der Waals surface area contributed by atoms with Gasteiger partial charge in [0.2, 0.25) is 0 Å². The lowest BCUT2D eigenvalue weighted by molar-refractivity contribution is 0.622. The van der Waals surface area contributed by atoms with Gasteiger partial charge in [0.15, 0.2) is 0 Å². The number of hydrogen-bond donors (Lipinski definition) is 2. The summed E-state index contributed by atoms with van der Waals surface area (Å²) in [7, 11) is 0.